The molecule has 13 nitrogen and oxygen atoms in total. The van der Waals surface area contributed by atoms with Crippen molar-refractivity contribution >= 4 is 62.5 Å². The van der Waals surface area contributed by atoms with Crippen LogP contribution in [0.1, 0.15) is 125 Å². The lowest BCUT2D eigenvalue weighted by Crippen LogP contribution is -2.63. The molecule has 5 aliphatic rings. The second-order valence-electron chi connectivity index (χ2n) is 18.4. The summed E-state index contributed by atoms with van der Waals surface area (Å²) in [5.41, 5.74) is 0.215. The van der Waals surface area contributed by atoms with E-state index < -0.39 is 53.0 Å². The van der Waals surface area contributed by atoms with Crippen molar-refractivity contribution in [3.63, 3.8) is 0 Å². The maximum atomic E-state index is 13.3. The summed E-state index contributed by atoms with van der Waals surface area (Å²) < 4.78 is 40.6. The zero-order chi connectivity index (χ0) is 43.7. The van der Waals surface area contributed by atoms with E-state index in [9.17, 15) is 42.3 Å². The molecule has 5 amide bonds. The minimum absolute atomic E-state index is 0.0805. The smallest absolute Gasteiger partial charge is 0.386 e. The highest BCUT2D eigenvalue weighted by atomic mass is 32.1. The number of carbonyl (C=O) groups excluding carboxylic acids is 5. The monoisotopic (exact) mass is 871 g/mol. The predicted molar refractivity (Wildman–Crippen MR) is 225 cm³/mol. The number of nitrogens with zero attached hydrogens (tertiary/aromatic N) is 4. The van der Waals surface area contributed by atoms with Crippen molar-refractivity contribution in [2.75, 3.05) is 36.8 Å². The van der Waals surface area contributed by atoms with Gasteiger partial charge in [0.05, 0.1) is 32.0 Å². The fourth-order valence-corrected chi connectivity index (χ4v) is 11.5. The molecule has 2 saturated carbocycles. The van der Waals surface area contributed by atoms with Crippen LogP contribution in [0.15, 0.2) is 48.5 Å². The molecule has 2 aliphatic carbocycles. The Morgan fingerprint density at radius 2 is 1.68 bits per heavy atom. The molecule has 4 aromatic rings. The Bertz CT molecular complexity index is 2480. The average molecular weight is 872 g/mol. The topological polar surface area (TPSA) is 174 Å². The van der Waals surface area contributed by atoms with Gasteiger partial charge < -0.3 is 20.6 Å². The number of nitrogens with one attached hydrogen (secondary N) is 3. The van der Waals surface area contributed by atoms with E-state index in [1.807, 2.05) is 0 Å². The number of amides is 5. The number of carbonyl (C=O) groups is 5. The first kappa shape index (κ1) is 42.1. The van der Waals surface area contributed by atoms with Crippen LogP contribution in [0.3, 0.4) is 0 Å². The maximum absolute atomic E-state index is 13.3. The lowest BCUT2D eigenvalue weighted by molar-refractivity contribution is -0.141. The first-order valence-electron chi connectivity index (χ1n) is 21.3. The molecule has 2 saturated heterocycles. The van der Waals surface area contributed by atoms with E-state index in [2.05, 4.69) is 25.8 Å². The number of hydrogen-bond acceptors (Lipinski definition) is 11. The number of piperidine rings is 1. The Hall–Kier alpha value is -5.26. The van der Waals surface area contributed by atoms with Crippen molar-refractivity contribution in [2.45, 2.75) is 95.4 Å². The molecule has 0 radical (unpaired) electrons. The average Bonchev–Trinajstić information content (AvgIpc) is 3.72. The van der Waals surface area contributed by atoms with E-state index in [1.54, 1.807) is 55.5 Å². The Balaban J connectivity index is 0.723. The Labute approximate surface area is 359 Å². The number of hydrogen-bond donors (Lipinski definition) is 4. The number of anilines is 2. The highest BCUT2D eigenvalue weighted by Crippen LogP contribution is 2.53. The SMILES string of the molecule is CC(C)(O)c1cc2nc(C3CCC(CN4CC5(CC(CCNc6ccc7c(c6)C(=O)N(C6CCC(=O)NC6=O)C7=O)C5)C4)CC3)sc2cc1NC(=O)c1cccc(C(F)(F)F)n1. The number of halogens is 3. The number of pyridine rings is 1. The van der Waals surface area contributed by atoms with E-state index in [4.69, 9.17) is 4.98 Å². The first-order valence-corrected chi connectivity index (χ1v) is 22.1. The summed E-state index contributed by atoms with van der Waals surface area (Å²) >= 11 is 1.55. The summed E-state index contributed by atoms with van der Waals surface area (Å²) in [6, 6.07) is 10.8. The fraction of sp³-hybridized carbons (Fsp3) is 0.489. The van der Waals surface area contributed by atoms with E-state index in [0.717, 1.165) is 90.7 Å². The van der Waals surface area contributed by atoms with Gasteiger partial charge in [-0.2, -0.15) is 13.2 Å². The minimum Gasteiger partial charge on any atom is -0.386 e. The molecule has 17 heteroatoms. The number of alkyl halides is 3. The number of thiazole rings is 1. The number of fused-ring (bicyclic) bond motifs is 2. The Morgan fingerprint density at radius 1 is 0.935 bits per heavy atom. The predicted octanol–water partition coefficient (Wildman–Crippen LogP) is 7.08. The number of benzene rings is 2. The maximum Gasteiger partial charge on any atom is 0.433 e. The normalized spacial score (nSPS) is 23.0. The molecule has 326 valence electrons. The summed E-state index contributed by atoms with van der Waals surface area (Å²) in [7, 11) is 0. The van der Waals surface area contributed by atoms with Crippen LogP contribution in [0.5, 0.6) is 0 Å². The Morgan fingerprint density at radius 3 is 2.39 bits per heavy atom. The standard InChI is InChI=1S/C45H48F3N7O6S/c1-43(2,61)30-17-33-35(18-32(30)51-38(57)31-4-3-5-36(50-31)45(46,47)48)62-40(52-33)26-8-6-24(7-9-26)21-54-22-44(23-54)19-25(20-44)14-15-49-27-10-11-28-29(16-27)42(60)55(41(28)59)34-12-13-37(56)53-39(34)58/h3-5,10-11,16-18,24-26,34,49,61H,6-9,12-15,19-23H2,1-2H3,(H,51,57)(H,53,56,58). The van der Waals surface area contributed by atoms with E-state index in [1.165, 1.54) is 18.9 Å². The number of aliphatic hydroxyl groups is 1. The largest absolute Gasteiger partial charge is 0.433 e. The molecule has 62 heavy (non-hydrogen) atoms. The van der Waals surface area contributed by atoms with Gasteiger partial charge >= 0.3 is 6.18 Å². The van der Waals surface area contributed by atoms with Crippen LogP contribution in [0.25, 0.3) is 10.2 Å². The molecule has 0 bridgehead atoms. The van der Waals surface area contributed by atoms with Gasteiger partial charge in [0, 0.05) is 55.5 Å². The molecule has 2 aromatic heterocycles. The quantitative estimate of drug-likeness (QED) is 0.114. The molecular formula is C45H48F3N7O6S. The summed E-state index contributed by atoms with van der Waals surface area (Å²) in [5.74, 6) is -1.29. The highest BCUT2D eigenvalue weighted by molar-refractivity contribution is 7.18. The zero-order valence-electron chi connectivity index (χ0n) is 34.4. The molecule has 1 unspecified atom stereocenters. The van der Waals surface area contributed by atoms with E-state index in [0.29, 0.717) is 39.9 Å². The van der Waals surface area contributed by atoms with Crippen LogP contribution in [0.4, 0.5) is 24.5 Å². The number of likely N-dealkylation sites (tertiary alicyclic amines) is 1. The number of imide groups is 2. The number of rotatable bonds is 11. The van der Waals surface area contributed by atoms with Gasteiger partial charge in [-0.15, -0.1) is 11.3 Å². The lowest BCUT2D eigenvalue weighted by Gasteiger charge is -2.60. The van der Waals surface area contributed by atoms with Crippen molar-refractivity contribution in [1.29, 1.82) is 0 Å². The van der Waals surface area contributed by atoms with Crippen molar-refractivity contribution < 1.29 is 42.3 Å². The van der Waals surface area contributed by atoms with Crippen LogP contribution in [0, 0.1) is 17.3 Å². The van der Waals surface area contributed by atoms with E-state index in [-0.39, 0.29) is 29.7 Å². The molecule has 1 spiro atoms. The Kier molecular flexibility index (Phi) is 10.7. The van der Waals surface area contributed by atoms with Gasteiger partial charge in [0.15, 0.2) is 0 Å². The van der Waals surface area contributed by atoms with Crippen molar-refractivity contribution in [2.24, 2.45) is 17.3 Å². The third-order valence-corrected chi connectivity index (χ3v) is 14.5. The summed E-state index contributed by atoms with van der Waals surface area (Å²) in [5, 5.41) is 20.3. The van der Waals surface area contributed by atoms with Crippen LogP contribution in [-0.4, -0.2) is 86.6 Å². The van der Waals surface area contributed by atoms with Gasteiger partial charge in [0.2, 0.25) is 11.8 Å². The third-order valence-electron chi connectivity index (χ3n) is 13.3. The van der Waals surface area contributed by atoms with E-state index >= 15 is 0 Å². The summed E-state index contributed by atoms with van der Waals surface area (Å²) in [6.45, 7) is 7.27. The molecule has 3 aliphatic heterocycles. The molecule has 9 rings (SSSR count). The second-order valence-corrected chi connectivity index (χ2v) is 19.5. The molecular weight excluding hydrogens is 824 g/mol. The fourth-order valence-electron chi connectivity index (χ4n) is 10.3. The molecule has 2 aromatic carbocycles. The lowest BCUT2D eigenvalue weighted by atomic mass is 9.57. The zero-order valence-corrected chi connectivity index (χ0v) is 35.3. The van der Waals surface area contributed by atoms with Crippen molar-refractivity contribution in [3.8, 4) is 0 Å². The van der Waals surface area contributed by atoms with Crippen molar-refractivity contribution in [3.05, 3.63) is 81.6 Å². The van der Waals surface area contributed by atoms with Crippen LogP contribution in [-0.2, 0) is 21.4 Å². The molecule has 4 fully saturated rings. The summed E-state index contributed by atoms with van der Waals surface area (Å²) in [4.78, 5) is 75.3. The van der Waals surface area contributed by atoms with Crippen LogP contribution >= 0.6 is 11.3 Å². The molecule has 1 atom stereocenters. The van der Waals surface area contributed by atoms with Gasteiger partial charge in [-0.3, -0.25) is 34.2 Å². The molecule has 4 N–H and O–H groups in total. The van der Waals surface area contributed by atoms with Gasteiger partial charge in [0.25, 0.3) is 17.7 Å². The molecule has 5 heterocycles. The van der Waals surface area contributed by atoms with Crippen molar-refractivity contribution in [1.82, 2.24) is 25.1 Å². The highest BCUT2D eigenvalue weighted by Gasteiger charge is 2.52. The van der Waals surface area contributed by atoms with Gasteiger partial charge in [-0.25, -0.2) is 9.97 Å². The van der Waals surface area contributed by atoms with Gasteiger partial charge in [0.1, 0.15) is 17.4 Å². The third kappa shape index (κ3) is 8.21. The number of aromatic nitrogens is 2. The van der Waals surface area contributed by atoms with Crippen LogP contribution < -0.4 is 16.0 Å². The first-order chi connectivity index (χ1) is 29.4. The van der Waals surface area contributed by atoms with Gasteiger partial charge in [-0.1, -0.05) is 6.07 Å². The van der Waals surface area contributed by atoms with Crippen LogP contribution in [0.2, 0.25) is 0 Å². The van der Waals surface area contributed by atoms with Gasteiger partial charge in [-0.05, 0) is 125 Å². The second kappa shape index (κ2) is 15.8. The minimum atomic E-state index is -4.69. The summed E-state index contributed by atoms with van der Waals surface area (Å²) in [6.07, 6.45) is 3.19.